The molecule has 6 heteroatoms. The molecule has 29 heavy (non-hydrogen) atoms. The lowest BCUT2D eigenvalue weighted by Gasteiger charge is -2.29. The molecule has 3 aromatic carbocycles. The van der Waals surface area contributed by atoms with Crippen LogP contribution >= 0.6 is 0 Å². The van der Waals surface area contributed by atoms with Crippen LogP contribution in [0.15, 0.2) is 79.0 Å². The fourth-order valence-corrected chi connectivity index (χ4v) is 3.57. The van der Waals surface area contributed by atoms with Crippen molar-refractivity contribution in [3.63, 3.8) is 0 Å². The lowest BCUT2D eigenvalue weighted by atomic mass is 9.80. The second kappa shape index (κ2) is 7.56. The van der Waals surface area contributed by atoms with Crippen LogP contribution in [0.5, 0.6) is 5.75 Å². The molecule has 1 atom stereocenters. The van der Waals surface area contributed by atoms with Gasteiger partial charge in [0.15, 0.2) is 0 Å². The van der Waals surface area contributed by atoms with E-state index in [1.54, 1.807) is 18.3 Å². The summed E-state index contributed by atoms with van der Waals surface area (Å²) in [5.41, 5.74) is 3.55. The summed E-state index contributed by atoms with van der Waals surface area (Å²) in [6, 6.07) is 22.8. The Morgan fingerprint density at radius 3 is 2.45 bits per heavy atom. The van der Waals surface area contributed by atoms with Crippen LogP contribution in [0, 0.1) is 6.92 Å². The molecule has 0 amide bonds. The van der Waals surface area contributed by atoms with E-state index in [4.69, 9.17) is 0 Å². The summed E-state index contributed by atoms with van der Waals surface area (Å²) < 4.78 is 1.53. The highest BCUT2D eigenvalue weighted by Crippen LogP contribution is 2.33. The maximum atomic E-state index is 11.8. The Balaban J connectivity index is 1.74. The average Bonchev–Trinajstić information content (AvgIpc) is 3.16. The summed E-state index contributed by atoms with van der Waals surface area (Å²) in [6.07, 6.45) is 2.00. The van der Waals surface area contributed by atoms with E-state index in [1.807, 2.05) is 75.4 Å². The van der Waals surface area contributed by atoms with Crippen molar-refractivity contribution in [2.45, 2.75) is 18.9 Å². The highest BCUT2D eigenvalue weighted by Gasteiger charge is 2.33. The minimum absolute atomic E-state index is 0.137. The van der Waals surface area contributed by atoms with E-state index in [0.717, 1.165) is 22.2 Å². The first-order valence-corrected chi connectivity index (χ1v) is 9.52. The summed E-state index contributed by atoms with van der Waals surface area (Å²) in [7, 11) is 2.01. The Bertz CT molecular complexity index is 1140. The Labute approximate surface area is 170 Å². The van der Waals surface area contributed by atoms with E-state index in [2.05, 4.69) is 10.3 Å². The molecule has 1 heterocycles. The first-order chi connectivity index (χ1) is 14.0. The minimum atomic E-state index is -1.25. The Kier molecular flexibility index (Phi) is 4.95. The average molecular weight is 383 g/mol. The van der Waals surface area contributed by atoms with Gasteiger partial charge in [-0.25, -0.2) is 4.68 Å². The third kappa shape index (κ3) is 3.80. The summed E-state index contributed by atoms with van der Waals surface area (Å²) in [4.78, 5) is 0. The number of aromatic hydroxyl groups is 1. The molecule has 2 N–H and O–H groups in total. The molecule has 0 radical (unpaired) electrons. The van der Waals surface area contributed by atoms with E-state index in [0.29, 0.717) is 11.4 Å². The van der Waals surface area contributed by atoms with Crippen LogP contribution in [0.4, 0.5) is 0 Å². The van der Waals surface area contributed by atoms with Gasteiger partial charge in [-0.2, -0.15) is 0 Å². The topological polar surface area (TPSA) is 71.2 Å². The Hall–Kier alpha value is -3.38. The summed E-state index contributed by atoms with van der Waals surface area (Å²) in [6.45, 7) is 1.91. The van der Waals surface area contributed by atoms with Crippen LogP contribution in [0.3, 0.4) is 0 Å². The Morgan fingerprint density at radius 2 is 1.72 bits per heavy atom. The largest absolute Gasteiger partial charge is 0.506 e. The van der Waals surface area contributed by atoms with Crippen molar-refractivity contribution in [3.8, 4) is 11.4 Å². The molecular formula is C23H22BN3O2. The van der Waals surface area contributed by atoms with E-state index in [1.165, 1.54) is 4.68 Å². The highest BCUT2D eigenvalue weighted by atomic mass is 16.3. The van der Waals surface area contributed by atoms with Gasteiger partial charge in [0.2, 0.25) is 0 Å². The molecule has 0 spiro atoms. The van der Waals surface area contributed by atoms with E-state index in [-0.39, 0.29) is 12.2 Å². The summed E-state index contributed by atoms with van der Waals surface area (Å²) in [5, 5.41) is 30.4. The quantitative estimate of drug-likeness (QED) is 0.518. The first kappa shape index (κ1) is 19.0. The maximum Gasteiger partial charge on any atom is 0.141 e. The van der Waals surface area contributed by atoms with Crippen molar-refractivity contribution in [1.82, 2.24) is 15.0 Å². The van der Waals surface area contributed by atoms with Gasteiger partial charge in [0.1, 0.15) is 24.9 Å². The SMILES string of the molecule is Bc1cccc(C(O)(Cc2cn(-c3ccc(C)cc3O)nn2)c2ccccc2)c1. The molecule has 4 aromatic rings. The van der Waals surface area contributed by atoms with Crippen LogP contribution in [0.1, 0.15) is 22.4 Å². The van der Waals surface area contributed by atoms with E-state index >= 15 is 0 Å². The number of hydrogen-bond acceptors (Lipinski definition) is 4. The van der Waals surface area contributed by atoms with Crippen molar-refractivity contribution < 1.29 is 10.2 Å². The van der Waals surface area contributed by atoms with Gasteiger partial charge in [-0.15, -0.1) is 5.10 Å². The van der Waals surface area contributed by atoms with Gasteiger partial charge in [0.25, 0.3) is 0 Å². The zero-order valence-corrected chi connectivity index (χ0v) is 16.4. The number of nitrogens with zero attached hydrogens (tertiary/aromatic N) is 3. The van der Waals surface area contributed by atoms with Crippen LogP contribution in [-0.4, -0.2) is 33.1 Å². The molecule has 144 valence electrons. The van der Waals surface area contributed by atoms with Crippen LogP contribution in [-0.2, 0) is 12.0 Å². The van der Waals surface area contributed by atoms with Crippen molar-refractivity contribution in [1.29, 1.82) is 0 Å². The molecule has 4 rings (SSSR count). The lowest BCUT2D eigenvalue weighted by Crippen LogP contribution is -2.31. The van der Waals surface area contributed by atoms with Gasteiger partial charge in [-0.3, -0.25) is 0 Å². The first-order valence-electron chi connectivity index (χ1n) is 9.52. The monoisotopic (exact) mass is 383 g/mol. The summed E-state index contributed by atoms with van der Waals surface area (Å²) in [5.74, 6) is 0.137. The standard InChI is InChI=1S/C23H22BN3O2/c1-16-10-11-21(22(28)12-16)27-15-20(25-26-27)14-23(29,17-6-3-2-4-7-17)18-8-5-9-19(24)13-18/h2-13,15,28-29H,14,24H2,1H3. The highest BCUT2D eigenvalue weighted by molar-refractivity contribution is 6.32. The van der Waals surface area contributed by atoms with Crippen molar-refractivity contribution in [3.05, 3.63) is 101 Å². The second-order valence-corrected chi connectivity index (χ2v) is 7.42. The number of phenols is 1. The number of rotatable bonds is 5. The number of aliphatic hydroxyl groups is 1. The number of phenolic OH excluding ortho intramolecular Hbond substituents is 1. The molecule has 0 aliphatic rings. The van der Waals surface area contributed by atoms with Gasteiger partial charge in [-0.1, -0.05) is 71.3 Å². The molecule has 1 aromatic heterocycles. The van der Waals surface area contributed by atoms with Crippen molar-refractivity contribution >= 4 is 13.3 Å². The Morgan fingerprint density at radius 1 is 0.966 bits per heavy atom. The predicted octanol–water partition coefficient (Wildman–Crippen LogP) is 2.02. The molecule has 0 saturated heterocycles. The fourth-order valence-electron chi connectivity index (χ4n) is 3.57. The predicted molar refractivity (Wildman–Crippen MR) is 116 cm³/mol. The number of hydrogen-bond donors (Lipinski definition) is 2. The van der Waals surface area contributed by atoms with Gasteiger partial charge in [-0.05, 0) is 35.7 Å². The molecule has 0 fully saturated rings. The number of benzene rings is 3. The maximum absolute atomic E-state index is 11.8. The normalized spacial score (nSPS) is 13.2. The molecule has 5 nitrogen and oxygen atoms in total. The third-order valence-corrected chi connectivity index (χ3v) is 5.10. The van der Waals surface area contributed by atoms with Crippen LogP contribution < -0.4 is 5.46 Å². The second-order valence-electron chi connectivity index (χ2n) is 7.42. The number of aromatic nitrogens is 3. The lowest BCUT2D eigenvalue weighted by molar-refractivity contribution is 0.0801. The van der Waals surface area contributed by atoms with Gasteiger partial charge in [0, 0.05) is 6.42 Å². The molecule has 0 saturated carbocycles. The van der Waals surface area contributed by atoms with Gasteiger partial charge >= 0.3 is 0 Å². The van der Waals surface area contributed by atoms with E-state index < -0.39 is 5.60 Å². The van der Waals surface area contributed by atoms with E-state index in [9.17, 15) is 10.2 Å². The minimum Gasteiger partial charge on any atom is -0.506 e. The zero-order valence-electron chi connectivity index (χ0n) is 16.4. The van der Waals surface area contributed by atoms with Crippen LogP contribution in [0.2, 0.25) is 0 Å². The third-order valence-electron chi connectivity index (χ3n) is 5.10. The van der Waals surface area contributed by atoms with Crippen molar-refractivity contribution in [2.75, 3.05) is 0 Å². The molecule has 0 bridgehead atoms. The molecule has 0 aliphatic carbocycles. The summed E-state index contributed by atoms with van der Waals surface area (Å²) >= 11 is 0. The molecule has 0 aliphatic heterocycles. The van der Waals surface area contributed by atoms with Gasteiger partial charge in [0.05, 0.1) is 11.9 Å². The molecular weight excluding hydrogens is 361 g/mol. The van der Waals surface area contributed by atoms with Crippen molar-refractivity contribution in [2.24, 2.45) is 0 Å². The number of aryl methyl sites for hydroxylation is 1. The molecule has 1 unspecified atom stereocenters. The van der Waals surface area contributed by atoms with Crippen LogP contribution in [0.25, 0.3) is 5.69 Å². The van der Waals surface area contributed by atoms with Gasteiger partial charge < -0.3 is 10.2 Å². The fraction of sp³-hybridized carbons (Fsp3) is 0.130. The zero-order chi connectivity index (χ0) is 20.4. The smallest absolute Gasteiger partial charge is 0.141 e.